The topological polar surface area (TPSA) is 163 Å². The molecule has 1 aromatic rings. The van der Waals surface area contributed by atoms with Gasteiger partial charge in [-0.3, -0.25) is 14.4 Å². The molecular weight excluding hydrogens is 630 g/mol. The Bertz CT molecular complexity index is 1390. The fourth-order valence-electron chi connectivity index (χ4n) is 7.93. The molecule has 2 heterocycles. The fraction of sp³-hybridized carbons (Fsp3) is 0.667. The Morgan fingerprint density at radius 3 is 2.33 bits per heavy atom. The van der Waals surface area contributed by atoms with Gasteiger partial charge in [0.15, 0.2) is 0 Å². The second-order valence-electron chi connectivity index (χ2n) is 14.8. The number of carbonyl (C=O) groups excluding carboxylic acids is 6. The second kappa shape index (κ2) is 15.6. The number of fused-ring (bicyclic) bond motifs is 1. The Kier molecular flexibility index (Phi) is 11.5. The summed E-state index contributed by atoms with van der Waals surface area (Å²) in [6.45, 7) is 7.73. The summed E-state index contributed by atoms with van der Waals surface area (Å²) in [5.41, 5.74) is -0.00884. The molecule has 4 aliphatic rings. The zero-order valence-electron chi connectivity index (χ0n) is 29.1. The third kappa shape index (κ3) is 8.18. The molecule has 3 N–H and O–H groups in total. The molecule has 2 saturated carbocycles. The van der Waals surface area contributed by atoms with Gasteiger partial charge < -0.3 is 30.3 Å². The first-order chi connectivity index (χ1) is 23.4. The summed E-state index contributed by atoms with van der Waals surface area (Å²) in [6.07, 6.45) is 5.96. The highest BCUT2D eigenvalue weighted by molar-refractivity contribution is 6.01. The van der Waals surface area contributed by atoms with Crippen molar-refractivity contribution in [2.75, 3.05) is 19.7 Å². The summed E-state index contributed by atoms with van der Waals surface area (Å²) < 4.78 is 10.8. The maximum Gasteiger partial charge on any atom is 0.419 e. The van der Waals surface area contributed by atoms with Gasteiger partial charge in [0.2, 0.25) is 17.7 Å². The molecule has 6 amide bonds. The van der Waals surface area contributed by atoms with Crippen molar-refractivity contribution in [1.82, 2.24) is 25.8 Å². The van der Waals surface area contributed by atoms with E-state index >= 15 is 0 Å². The van der Waals surface area contributed by atoms with Crippen LogP contribution in [-0.2, 0) is 35.3 Å². The number of nitrogens with zero attached hydrogens (tertiary/aromatic N) is 2. The third-order valence-corrected chi connectivity index (χ3v) is 10.5. The van der Waals surface area contributed by atoms with Crippen LogP contribution in [0.25, 0.3) is 0 Å². The summed E-state index contributed by atoms with van der Waals surface area (Å²) in [6, 6.07) is 4.28. The van der Waals surface area contributed by atoms with Crippen LogP contribution in [0.5, 0.6) is 0 Å². The predicted molar refractivity (Wildman–Crippen MR) is 179 cm³/mol. The average molecular weight is 682 g/mol. The molecule has 1 unspecified atom stereocenters. The van der Waals surface area contributed by atoms with E-state index in [0.717, 1.165) is 49.0 Å². The minimum atomic E-state index is -1.23. The van der Waals surface area contributed by atoms with Crippen molar-refractivity contribution < 1.29 is 38.2 Å². The number of amides is 6. The van der Waals surface area contributed by atoms with Crippen LogP contribution in [0.4, 0.5) is 9.59 Å². The van der Waals surface area contributed by atoms with E-state index in [-0.39, 0.29) is 43.4 Å². The molecular formula is C36H51N5O8. The molecule has 0 bridgehead atoms. The van der Waals surface area contributed by atoms with Gasteiger partial charge in [-0.25, -0.2) is 19.3 Å². The maximum atomic E-state index is 14.3. The van der Waals surface area contributed by atoms with Gasteiger partial charge in [0.05, 0.1) is 6.61 Å². The number of nitrogens with one attached hydrogen (secondary N) is 3. The lowest BCUT2D eigenvalue weighted by molar-refractivity contribution is -0.156. The second-order valence-corrected chi connectivity index (χ2v) is 14.8. The van der Waals surface area contributed by atoms with Gasteiger partial charge in [0, 0.05) is 13.1 Å². The molecule has 6 atom stereocenters. The van der Waals surface area contributed by atoms with Gasteiger partial charge in [-0.1, -0.05) is 76.8 Å². The van der Waals surface area contributed by atoms with Crippen molar-refractivity contribution in [2.45, 2.75) is 110 Å². The highest BCUT2D eigenvalue weighted by atomic mass is 16.6. The molecule has 2 aliphatic heterocycles. The normalized spacial score (nSPS) is 25.2. The molecule has 49 heavy (non-hydrogen) atoms. The molecule has 0 radical (unpaired) electrons. The number of ether oxygens (including phenoxy) is 2. The Balaban J connectivity index is 1.33. The number of benzene rings is 1. The van der Waals surface area contributed by atoms with Gasteiger partial charge in [0.1, 0.15) is 30.8 Å². The highest BCUT2D eigenvalue weighted by Gasteiger charge is 2.53. The first-order valence-corrected chi connectivity index (χ1v) is 17.8. The zero-order valence-corrected chi connectivity index (χ0v) is 29.1. The number of carbonyl (C=O) groups is 6. The van der Waals surface area contributed by atoms with Crippen molar-refractivity contribution in [1.29, 1.82) is 0 Å². The van der Waals surface area contributed by atoms with E-state index in [1.54, 1.807) is 36.1 Å². The van der Waals surface area contributed by atoms with Crippen molar-refractivity contribution in [2.24, 2.45) is 23.2 Å². The van der Waals surface area contributed by atoms with Crippen LogP contribution in [0.1, 0.15) is 84.6 Å². The van der Waals surface area contributed by atoms with Gasteiger partial charge in [-0.2, -0.15) is 0 Å². The minimum Gasteiger partial charge on any atom is -0.464 e. The minimum absolute atomic E-state index is 0.0265. The number of hydrogen-bond donors (Lipinski definition) is 3. The fourth-order valence-corrected chi connectivity index (χ4v) is 7.93. The molecule has 1 aromatic carbocycles. The number of rotatable bonds is 10. The summed E-state index contributed by atoms with van der Waals surface area (Å²) in [7, 11) is 0. The number of likely N-dealkylation sites (tertiary alicyclic amines) is 1. The predicted octanol–water partition coefficient (Wildman–Crippen LogP) is 3.50. The molecule has 0 aromatic heterocycles. The molecule has 5 rings (SSSR count). The number of urea groups is 1. The van der Waals surface area contributed by atoms with E-state index in [4.69, 9.17) is 9.47 Å². The molecule has 4 fully saturated rings. The Labute approximate surface area is 288 Å². The van der Waals surface area contributed by atoms with Crippen LogP contribution in [0.2, 0.25) is 0 Å². The van der Waals surface area contributed by atoms with Crippen molar-refractivity contribution >= 4 is 35.8 Å². The van der Waals surface area contributed by atoms with Crippen LogP contribution in [0, 0.1) is 23.2 Å². The summed E-state index contributed by atoms with van der Waals surface area (Å²) in [5, 5.41) is 8.37. The van der Waals surface area contributed by atoms with E-state index in [9.17, 15) is 28.8 Å². The Hall–Kier alpha value is -4.16. The lowest BCUT2D eigenvalue weighted by atomic mass is 9.82. The van der Waals surface area contributed by atoms with Crippen molar-refractivity contribution in [3.05, 3.63) is 35.9 Å². The third-order valence-electron chi connectivity index (χ3n) is 10.5. The Morgan fingerprint density at radius 2 is 1.65 bits per heavy atom. The quantitative estimate of drug-likeness (QED) is 0.316. The average Bonchev–Trinajstić information content (AvgIpc) is 3.80. The van der Waals surface area contributed by atoms with Crippen LogP contribution in [0.15, 0.2) is 30.3 Å². The first-order valence-electron chi connectivity index (χ1n) is 17.8. The largest absolute Gasteiger partial charge is 0.464 e. The SMILES string of the molecule is CCOC(=O)[C@@H]1C2CCC[C@H]2CN1C(=O)[C@@H](NC(=O)[C@@H](NC(=O)[C@@H]1CNC(=O)N1C(=O)OCc1ccccc1)C1CCCCC1)C(C)(C)C. The molecule has 0 spiro atoms. The smallest absolute Gasteiger partial charge is 0.419 e. The number of hydrogen-bond acceptors (Lipinski definition) is 8. The first kappa shape index (κ1) is 36.1. The van der Waals surface area contributed by atoms with Crippen molar-refractivity contribution in [3.63, 3.8) is 0 Å². The molecule has 268 valence electrons. The van der Waals surface area contributed by atoms with Crippen LogP contribution < -0.4 is 16.0 Å². The van der Waals surface area contributed by atoms with E-state index in [1.165, 1.54) is 0 Å². The van der Waals surface area contributed by atoms with Gasteiger partial charge in [0.25, 0.3) is 0 Å². The standard InChI is InChI=1S/C36H51N5O8/c1-5-48-33(45)28-25-18-12-17-24(25)20-40(28)32(44)29(36(2,3)4)39-31(43)27(23-15-10-7-11-16-23)38-30(42)26-19-37-34(46)41(26)35(47)49-21-22-13-8-6-9-14-22/h6,8-9,13-14,23-29H,5,7,10-12,15-21H2,1-4H3,(H,37,46)(H,38,42)(H,39,43)/t24-,25?,26-,27-,28-,29+/m0/s1. The zero-order chi connectivity index (χ0) is 35.3. The summed E-state index contributed by atoms with van der Waals surface area (Å²) >= 11 is 0. The molecule has 2 aliphatic carbocycles. The molecule has 2 saturated heterocycles. The molecule has 13 heteroatoms. The highest BCUT2D eigenvalue weighted by Crippen LogP contribution is 2.43. The summed E-state index contributed by atoms with van der Waals surface area (Å²) in [4.78, 5) is 83.6. The van der Waals surface area contributed by atoms with E-state index in [2.05, 4.69) is 16.0 Å². The van der Waals surface area contributed by atoms with Crippen molar-refractivity contribution in [3.8, 4) is 0 Å². The van der Waals surface area contributed by atoms with Gasteiger partial charge in [-0.15, -0.1) is 0 Å². The van der Waals surface area contributed by atoms with Gasteiger partial charge in [-0.05, 0) is 61.3 Å². The van der Waals surface area contributed by atoms with E-state index in [0.29, 0.717) is 19.4 Å². The lowest BCUT2D eigenvalue weighted by Gasteiger charge is -2.38. The van der Waals surface area contributed by atoms with E-state index in [1.807, 2.05) is 26.8 Å². The maximum absolute atomic E-state index is 14.3. The van der Waals surface area contributed by atoms with E-state index < -0.39 is 59.5 Å². The monoisotopic (exact) mass is 681 g/mol. The summed E-state index contributed by atoms with van der Waals surface area (Å²) in [5.74, 6) is -1.93. The molecule has 13 nitrogen and oxygen atoms in total. The van der Waals surface area contributed by atoms with Crippen LogP contribution >= 0.6 is 0 Å². The van der Waals surface area contributed by atoms with Crippen LogP contribution in [-0.4, -0.2) is 89.5 Å². The van der Waals surface area contributed by atoms with Gasteiger partial charge >= 0.3 is 18.1 Å². The Morgan fingerprint density at radius 1 is 0.939 bits per heavy atom. The number of esters is 1. The lowest BCUT2D eigenvalue weighted by Crippen LogP contribution is -2.62. The number of imide groups is 1. The van der Waals surface area contributed by atoms with Crippen LogP contribution in [0.3, 0.4) is 0 Å².